The molecule has 2 N–H and O–H groups in total. The molecule has 0 unspecified atom stereocenters. The minimum atomic E-state index is 0.451. The molecule has 6 heteroatoms. The Morgan fingerprint density at radius 3 is 2.64 bits per heavy atom. The average molecular weight is 296 g/mol. The van der Waals surface area contributed by atoms with Gasteiger partial charge in [-0.05, 0) is 24.6 Å². The molecule has 0 bridgehead atoms. The van der Waals surface area contributed by atoms with E-state index in [0.29, 0.717) is 17.9 Å². The highest BCUT2D eigenvalue weighted by Crippen LogP contribution is 2.21. The van der Waals surface area contributed by atoms with Gasteiger partial charge in [0.2, 0.25) is 0 Å². The number of hydrogen-bond acceptors (Lipinski definition) is 5. The summed E-state index contributed by atoms with van der Waals surface area (Å²) >= 11 is 0. The van der Waals surface area contributed by atoms with Crippen molar-refractivity contribution in [2.24, 2.45) is 0 Å². The Bertz CT molecular complexity index is 821. The summed E-state index contributed by atoms with van der Waals surface area (Å²) in [5.41, 5.74) is 9.70. The van der Waals surface area contributed by atoms with Crippen LogP contribution in [0.1, 0.15) is 36.8 Å². The Labute approximate surface area is 129 Å². The lowest BCUT2D eigenvalue weighted by Crippen LogP contribution is -2.08. The number of aryl methyl sites for hydroxylation is 3. The summed E-state index contributed by atoms with van der Waals surface area (Å²) in [5, 5.41) is 0. The summed E-state index contributed by atoms with van der Waals surface area (Å²) in [4.78, 5) is 18.0. The molecule has 0 aliphatic rings. The molecular weight excluding hydrogens is 276 g/mol. The molecule has 3 heterocycles. The first-order valence-corrected chi connectivity index (χ1v) is 7.55. The lowest BCUT2D eigenvalue weighted by Gasteiger charge is -2.08. The van der Waals surface area contributed by atoms with Gasteiger partial charge in [-0.2, -0.15) is 0 Å². The Balaban J connectivity index is 2.16. The van der Waals surface area contributed by atoms with Gasteiger partial charge < -0.3 is 10.3 Å². The lowest BCUT2D eigenvalue weighted by molar-refractivity contribution is 0.726. The number of anilines is 1. The van der Waals surface area contributed by atoms with Crippen LogP contribution in [-0.4, -0.2) is 24.5 Å². The van der Waals surface area contributed by atoms with Crippen molar-refractivity contribution < 1.29 is 0 Å². The molecule has 3 aromatic rings. The third-order valence-electron chi connectivity index (χ3n) is 3.67. The quantitative estimate of drug-likeness (QED) is 0.798. The van der Waals surface area contributed by atoms with E-state index in [1.807, 2.05) is 19.2 Å². The van der Waals surface area contributed by atoms with Crippen molar-refractivity contribution in [3.8, 4) is 0 Å². The molecule has 0 aromatic carbocycles. The molecule has 0 saturated carbocycles. The van der Waals surface area contributed by atoms with E-state index in [1.165, 1.54) is 5.56 Å². The van der Waals surface area contributed by atoms with Gasteiger partial charge in [0, 0.05) is 19.0 Å². The molecule has 0 aliphatic heterocycles. The first-order valence-electron chi connectivity index (χ1n) is 7.55. The van der Waals surface area contributed by atoms with E-state index in [-0.39, 0.29) is 0 Å². The molecular formula is C16H20N6. The average Bonchev–Trinajstić information content (AvgIpc) is 2.86. The largest absolute Gasteiger partial charge is 0.382 e. The summed E-state index contributed by atoms with van der Waals surface area (Å²) in [5.74, 6) is 2.14. The molecule has 0 aliphatic carbocycles. The third kappa shape index (κ3) is 2.52. The maximum absolute atomic E-state index is 6.04. The van der Waals surface area contributed by atoms with Gasteiger partial charge in [-0.3, -0.25) is 4.98 Å². The van der Waals surface area contributed by atoms with Crippen molar-refractivity contribution in [1.82, 2.24) is 24.5 Å². The highest BCUT2D eigenvalue weighted by atomic mass is 15.2. The predicted octanol–water partition coefficient (Wildman–Crippen LogP) is 2.29. The number of fused-ring (bicyclic) bond motifs is 1. The fourth-order valence-corrected chi connectivity index (χ4v) is 2.56. The minimum Gasteiger partial charge on any atom is -0.382 e. The zero-order chi connectivity index (χ0) is 15.7. The zero-order valence-corrected chi connectivity index (χ0v) is 13.2. The fourth-order valence-electron chi connectivity index (χ4n) is 2.56. The van der Waals surface area contributed by atoms with E-state index in [2.05, 4.69) is 44.4 Å². The minimum absolute atomic E-state index is 0.451. The normalized spacial score (nSPS) is 11.2. The standard InChI is InChI=1S/C16H20N6/c1-4-12-19-15(17)14-16(20-12)22(13(5-2)21-14)9-11-8-10(3)6-7-18-11/h6-8H,4-5,9H2,1-3H3,(H2,17,19,20). The molecule has 0 radical (unpaired) electrons. The van der Waals surface area contributed by atoms with Crippen LogP contribution in [0.2, 0.25) is 0 Å². The van der Waals surface area contributed by atoms with Crippen molar-refractivity contribution in [3.63, 3.8) is 0 Å². The van der Waals surface area contributed by atoms with Gasteiger partial charge >= 0.3 is 0 Å². The van der Waals surface area contributed by atoms with E-state index in [1.54, 1.807) is 0 Å². The van der Waals surface area contributed by atoms with Crippen LogP contribution in [0.3, 0.4) is 0 Å². The molecule has 3 aromatic heterocycles. The van der Waals surface area contributed by atoms with Crippen LogP contribution in [0.15, 0.2) is 18.3 Å². The predicted molar refractivity (Wildman–Crippen MR) is 86.6 cm³/mol. The highest BCUT2D eigenvalue weighted by Gasteiger charge is 2.16. The zero-order valence-electron chi connectivity index (χ0n) is 13.2. The molecule has 6 nitrogen and oxygen atoms in total. The smallest absolute Gasteiger partial charge is 0.166 e. The van der Waals surface area contributed by atoms with Gasteiger partial charge in [0.15, 0.2) is 17.0 Å². The summed E-state index contributed by atoms with van der Waals surface area (Å²) in [6.45, 7) is 6.80. The van der Waals surface area contributed by atoms with E-state index in [4.69, 9.17) is 5.73 Å². The van der Waals surface area contributed by atoms with Gasteiger partial charge in [-0.1, -0.05) is 13.8 Å². The number of nitrogens with zero attached hydrogens (tertiary/aromatic N) is 5. The summed E-state index contributed by atoms with van der Waals surface area (Å²) in [6, 6.07) is 4.07. The van der Waals surface area contributed by atoms with Crippen LogP contribution >= 0.6 is 0 Å². The number of pyridine rings is 1. The molecule has 0 fully saturated rings. The van der Waals surface area contributed by atoms with Crippen molar-refractivity contribution in [2.45, 2.75) is 40.2 Å². The van der Waals surface area contributed by atoms with Gasteiger partial charge in [0.25, 0.3) is 0 Å². The molecule has 22 heavy (non-hydrogen) atoms. The van der Waals surface area contributed by atoms with Gasteiger partial charge in [0.1, 0.15) is 11.6 Å². The summed E-state index contributed by atoms with van der Waals surface area (Å²) < 4.78 is 2.09. The van der Waals surface area contributed by atoms with E-state index >= 15 is 0 Å². The van der Waals surface area contributed by atoms with Crippen molar-refractivity contribution in [2.75, 3.05) is 5.73 Å². The molecule has 3 rings (SSSR count). The van der Waals surface area contributed by atoms with Crippen LogP contribution < -0.4 is 5.73 Å². The van der Waals surface area contributed by atoms with Crippen LogP contribution in [0.25, 0.3) is 11.2 Å². The van der Waals surface area contributed by atoms with Crippen molar-refractivity contribution >= 4 is 17.0 Å². The molecule has 114 valence electrons. The molecule has 0 amide bonds. The topological polar surface area (TPSA) is 82.5 Å². The number of rotatable bonds is 4. The fraction of sp³-hybridized carbons (Fsp3) is 0.375. The van der Waals surface area contributed by atoms with E-state index < -0.39 is 0 Å². The number of hydrogen-bond donors (Lipinski definition) is 1. The highest BCUT2D eigenvalue weighted by molar-refractivity contribution is 5.82. The van der Waals surface area contributed by atoms with Gasteiger partial charge in [0.05, 0.1) is 12.2 Å². The maximum Gasteiger partial charge on any atom is 0.166 e. The number of aromatic nitrogens is 5. The first-order chi connectivity index (χ1) is 10.6. The number of imidazole rings is 1. The third-order valence-corrected chi connectivity index (χ3v) is 3.67. The Morgan fingerprint density at radius 2 is 1.95 bits per heavy atom. The monoisotopic (exact) mass is 296 g/mol. The van der Waals surface area contributed by atoms with Crippen LogP contribution in [0.5, 0.6) is 0 Å². The Morgan fingerprint density at radius 1 is 1.14 bits per heavy atom. The van der Waals surface area contributed by atoms with Crippen molar-refractivity contribution in [3.05, 3.63) is 41.2 Å². The van der Waals surface area contributed by atoms with Crippen LogP contribution in [-0.2, 0) is 19.4 Å². The number of nitrogen functional groups attached to an aromatic ring is 1. The maximum atomic E-state index is 6.04. The number of nitrogens with two attached hydrogens (primary N) is 1. The Kier molecular flexibility index (Phi) is 3.75. The first kappa shape index (κ1) is 14.4. The van der Waals surface area contributed by atoms with Crippen LogP contribution in [0.4, 0.5) is 5.82 Å². The lowest BCUT2D eigenvalue weighted by atomic mass is 10.2. The van der Waals surface area contributed by atoms with E-state index in [9.17, 15) is 0 Å². The second-order valence-electron chi connectivity index (χ2n) is 5.34. The second kappa shape index (κ2) is 5.71. The second-order valence-corrected chi connectivity index (χ2v) is 5.34. The SMILES string of the molecule is CCc1nc(N)c2nc(CC)n(Cc3cc(C)ccn3)c2n1. The Hall–Kier alpha value is -2.50. The van der Waals surface area contributed by atoms with Gasteiger partial charge in [-0.25, -0.2) is 15.0 Å². The molecule has 0 spiro atoms. The summed E-state index contributed by atoms with van der Waals surface area (Å²) in [6.07, 6.45) is 3.38. The van der Waals surface area contributed by atoms with Gasteiger partial charge in [-0.15, -0.1) is 0 Å². The summed E-state index contributed by atoms with van der Waals surface area (Å²) in [7, 11) is 0. The molecule has 0 atom stereocenters. The molecule has 0 saturated heterocycles. The van der Waals surface area contributed by atoms with Crippen molar-refractivity contribution in [1.29, 1.82) is 0 Å². The van der Waals surface area contributed by atoms with E-state index in [0.717, 1.165) is 35.8 Å². The van der Waals surface area contributed by atoms with Crippen LogP contribution in [0, 0.1) is 6.92 Å².